The maximum Gasteiger partial charge on any atom is 0.224 e. The Morgan fingerprint density at radius 1 is 0.960 bits per heavy atom. The van der Waals surface area contributed by atoms with Gasteiger partial charge in [-0.25, -0.2) is 0 Å². The molecule has 0 atom stereocenters. The van der Waals surface area contributed by atoms with Crippen molar-refractivity contribution in [3.8, 4) is 0 Å². The van der Waals surface area contributed by atoms with Crippen molar-refractivity contribution in [1.82, 2.24) is 4.90 Å². The zero-order valence-electron chi connectivity index (χ0n) is 15.6. The summed E-state index contributed by atoms with van der Waals surface area (Å²) in [6.07, 6.45) is 4.17. The Bertz CT molecular complexity index is 743. The van der Waals surface area contributed by atoms with E-state index in [-0.39, 0.29) is 5.91 Å². The van der Waals surface area contributed by atoms with Crippen molar-refractivity contribution in [2.45, 2.75) is 33.1 Å². The van der Waals surface area contributed by atoms with Crippen molar-refractivity contribution in [1.29, 1.82) is 0 Å². The highest BCUT2D eigenvalue weighted by Gasteiger charge is 2.16. The molecule has 0 spiro atoms. The van der Waals surface area contributed by atoms with Crippen LogP contribution >= 0.6 is 0 Å². The Balaban J connectivity index is 2.42. The van der Waals surface area contributed by atoms with E-state index in [0.717, 1.165) is 16.8 Å². The molecule has 2 rings (SSSR count). The van der Waals surface area contributed by atoms with Crippen molar-refractivity contribution >= 4 is 19.7 Å². The van der Waals surface area contributed by atoms with Gasteiger partial charge in [-0.1, -0.05) is 92.1 Å². The number of allylic oxidation sites excluding steroid dienone is 2. The second-order valence-electron chi connectivity index (χ2n) is 7.23. The first-order valence-electron chi connectivity index (χ1n) is 8.64. The van der Waals surface area contributed by atoms with Crippen LogP contribution in [0, 0.1) is 0 Å². The molecule has 2 nitrogen and oxygen atoms in total. The Labute approximate surface area is 152 Å². The average Bonchev–Trinajstić information content (AvgIpc) is 2.58. The molecule has 0 radical (unpaired) electrons. The molecule has 2 aromatic rings. The topological polar surface area (TPSA) is 20.3 Å². The molecule has 0 heterocycles. The van der Waals surface area contributed by atoms with Crippen molar-refractivity contribution in [2.24, 2.45) is 0 Å². The number of rotatable bonds is 6. The van der Waals surface area contributed by atoms with Crippen LogP contribution in [0.5, 0.6) is 0 Å². The van der Waals surface area contributed by atoms with E-state index in [1.54, 1.807) is 6.92 Å². The molecule has 130 valence electrons. The first kappa shape index (κ1) is 18.9. The van der Waals surface area contributed by atoms with Crippen molar-refractivity contribution in [3.63, 3.8) is 0 Å². The van der Waals surface area contributed by atoms with E-state index in [0.29, 0.717) is 6.54 Å². The molecular formula is C22H27NOSi. The summed E-state index contributed by atoms with van der Waals surface area (Å²) in [6.45, 7) is 9.09. The molecule has 0 aliphatic rings. The fourth-order valence-electron chi connectivity index (χ4n) is 2.51. The highest BCUT2D eigenvalue weighted by molar-refractivity contribution is 6.81. The van der Waals surface area contributed by atoms with Gasteiger partial charge in [-0.2, -0.15) is 0 Å². The molecule has 25 heavy (non-hydrogen) atoms. The first-order valence-corrected chi connectivity index (χ1v) is 12.2. The molecule has 0 bridgehead atoms. The smallest absolute Gasteiger partial charge is 0.224 e. The third-order valence-corrected chi connectivity index (χ3v) is 4.97. The Morgan fingerprint density at radius 3 is 2.04 bits per heavy atom. The number of carbonyl (C=O) groups excluding carboxylic acids is 1. The van der Waals surface area contributed by atoms with E-state index in [1.807, 2.05) is 41.3 Å². The predicted molar refractivity (Wildman–Crippen MR) is 110 cm³/mol. The highest BCUT2D eigenvalue weighted by Crippen LogP contribution is 2.22. The summed E-state index contributed by atoms with van der Waals surface area (Å²) in [7, 11) is -1.29. The van der Waals surface area contributed by atoms with Crippen LogP contribution in [-0.2, 0) is 11.3 Å². The summed E-state index contributed by atoms with van der Waals surface area (Å²) < 4.78 is 0. The number of benzene rings is 2. The molecule has 0 saturated carbocycles. The van der Waals surface area contributed by atoms with Crippen LogP contribution in [0.3, 0.4) is 0 Å². The summed E-state index contributed by atoms with van der Waals surface area (Å²) >= 11 is 0. The molecule has 3 heteroatoms. The molecule has 0 saturated heterocycles. The molecule has 0 aliphatic heterocycles. The van der Waals surface area contributed by atoms with Crippen LogP contribution < -0.4 is 0 Å². The third-order valence-electron chi connectivity index (χ3n) is 3.77. The SMILES string of the molecule is CC(=O)N(Cc1ccccc1)/C(=C\C=C\[Si](C)(C)C)c1ccccc1. The molecule has 1 amide bonds. The van der Waals surface area contributed by atoms with Gasteiger partial charge in [0, 0.05) is 6.92 Å². The molecular weight excluding hydrogens is 322 g/mol. The van der Waals surface area contributed by atoms with E-state index in [9.17, 15) is 4.79 Å². The second kappa shape index (κ2) is 8.63. The zero-order chi connectivity index (χ0) is 18.3. The Hall–Kier alpha value is -2.39. The quantitative estimate of drug-likeness (QED) is 0.497. The zero-order valence-corrected chi connectivity index (χ0v) is 16.6. The summed E-state index contributed by atoms with van der Waals surface area (Å²) in [5.74, 6) is 0.0420. The third kappa shape index (κ3) is 6.20. The minimum Gasteiger partial charge on any atom is -0.308 e. The maximum absolute atomic E-state index is 12.4. The van der Waals surface area contributed by atoms with E-state index in [2.05, 4.69) is 61.8 Å². The predicted octanol–water partition coefficient (Wildman–Crippen LogP) is 5.51. The van der Waals surface area contributed by atoms with E-state index in [1.165, 1.54) is 0 Å². The molecule has 0 fully saturated rings. The molecule has 0 aromatic heterocycles. The van der Waals surface area contributed by atoms with E-state index in [4.69, 9.17) is 0 Å². The normalized spacial score (nSPS) is 12.4. The van der Waals surface area contributed by atoms with Crippen LogP contribution in [0.25, 0.3) is 5.70 Å². The fraction of sp³-hybridized carbons (Fsp3) is 0.227. The number of carbonyl (C=O) groups is 1. The lowest BCUT2D eigenvalue weighted by molar-refractivity contribution is -0.126. The van der Waals surface area contributed by atoms with Crippen LogP contribution in [0.1, 0.15) is 18.1 Å². The molecule has 0 N–H and O–H groups in total. The van der Waals surface area contributed by atoms with Crippen LogP contribution in [0.2, 0.25) is 19.6 Å². The van der Waals surface area contributed by atoms with Crippen molar-refractivity contribution in [3.05, 3.63) is 89.6 Å². The van der Waals surface area contributed by atoms with Crippen molar-refractivity contribution in [2.75, 3.05) is 0 Å². The molecule has 0 unspecified atom stereocenters. The maximum atomic E-state index is 12.4. The van der Waals surface area contributed by atoms with Crippen LogP contribution in [0.4, 0.5) is 0 Å². The van der Waals surface area contributed by atoms with Gasteiger partial charge >= 0.3 is 0 Å². The van der Waals surface area contributed by atoms with Crippen LogP contribution in [0.15, 0.2) is 78.5 Å². The summed E-state index contributed by atoms with van der Waals surface area (Å²) in [5, 5.41) is 0. The molecule has 2 aromatic carbocycles. The van der Waals surface area contributed by atoms with E-state index < -0.39 is 8.07 Å². The van der Waals surface area contributed by atoms with Crippen molar-refractivity contribution < 1.29 is 4.79 Å². The number of nitrogens with zero attached hydrogens (tertiary/aromatic N) is 1. The van der Waals surface area contributed by atoms with Gasteiger partial charge in [-0.3, -0.25) is 4.79 Å². The van der Waals surface area contributed by atoms with Gasteiger partial charge in [-0.15, -0.1) is 0 Å². The monoisotopic (exact) mass is 349 g/mol. The largest absolute Gasteiger partial charge is 0.308 e. The second-order valence-corrected chi connectivity index (χ2v) is 12.3. The summed E-state index contributed by atoms with van der Waals surface area (Å²) in [5.41, 5.74) is 5.39. The average molecular weight is 350 g/mol. The lowest BCUT2D eigenvalue weighted by Gasteiger charge is -2.25. The minimum atomic E-state index is -1.29. The fourth-order valence-corrected chi connectivity index (χ4v) is 3.18. The Kier molecular flexibility index (Phi) is 6.54. The van der Waals surface area contributed by atoms with Gasteiger partial charge in [0.25, 0.3) is 0 Å². The summed E-state index contributed by atoms with van der Waals surface area (Å²) in [6, 6.07) is 20.2. The first-order chi connectivity index (χ1) is 11.9. The van der Waals surface area contributed by atoms with Gasteiger partial charge in [0.1, 0.15) is 0 Å². The number of hydrogen-bond donors (Lipinski definition) is 0. The van der Waals surface area contributed by atoms with Gasteiger partial charge in [-0.05, 0) is 17.2 Å². The lowest BCUT2D eigenvalue weighted by Crippen LogP contribution is -2.26. The van der Waals surface area contributed by atoms with E-state index >= 15 is 0 Å². The van der Waals surface area contributed by atoms with Gasteiger partial charge in [0.2, 0.25) is 5.91 Å². The standard InChI is InChI=1S/C22H27NOSi/c1-19(24)23(18-20-12-7-5-8-13-20)22(16-11-17-25(2,3)4)21-14-9-6-10-15-21/h5-17H,18H2,1-4H3/b17-11+,22-16-. The molecule has 0 aliphatic carbocycles. The number of amides is 1. The van der Waals surface area contributed by atoms with Crippen LogP contribution in [-0.4, -0.2) is 18.9 Å². The Morgan fingerprint density at radius 2 is 1.52 bits per heavy atom. The highest BCUT2D eigenvalue weighted by atomic mass is 28.3. The van der Waals surface area contributed by atoms with Gasteiger partial charge in [0.15, 0.2) is 0 Å². The lowest BCUT2D eigenvalue weighted by atomic mass is 10.1. The summed E-state index contributed by atoms with van der Waals surface area (Å²) in [4.78, 5) is 14.2. The van der Waals surface area contributed by atoms with Gasteiger partial charge < -0.3 is 4.90 Å². The van der Waals surface area contributed by atoms with Gasteiger partial charge in [0.05, 0.1) is 20.3 Å². The minimum absolute atomic E-state index is 0.0420. The number of hydrogen-bond acceptors (Lipinski definition) is 1.